The monoisotopic (exact) mass is 418 g/mol. The molecule has 0 aliphatic carbocycles. The normalized spacial score (nSPS) is 11.2. The predicted octanol–water partition coefficient (Wildman–Crippen LogP) is 4.62. The molecule has 0 aliphatic rings. The molecule has 0 atom stereocenters. The summed E-state index contributed by atoms with van der Waals surface area (Å²) in [6.45, 7) is 0. The van der Waals surface area contributed by atoms with Crippen molar-refractivity contribution in [3.63, 3.8) is 0 Å². The van der Waals surface area contributed by atoms with Crippen molar-refractivity contribution < 1.29 is 18.3 Å². The fourth-order valence-corrected chi connectivity index (χ4v) is 3.16. The van der Waals surface area contributed by atoms with Gasteiger partial charge in [0.2, 0.25) is 0 Å². The summed E-state index contributed by atoms with van der Waals surface area (Å²) >= 11 is 0. The number of para-hydroxylation sites is 1. The third-order valence-electron chi connectivity index (χ3n) is 4.72. The third kappa shape index (κ3) is 3.98. The Hall–Kier alpha value is -4.13. The van der Waals surface area contributed by atoms with Crippen LogP contribution in [0.1, 0.15) is 21.7 Å². The molecule has 0 unspecified atom stereocenters. The molecule has 0 radical (unpaired) electrons. The highest BCUT2D eigenvalue weighted by Crippen LogP contribution is 2.17. The van der Waals surface area contributed by atoms with Crippen LogP contribution < -0.4 is 5.56 Å². The lowest BCUT2D eigenvalue weighted by Crippen LogP contribution is -2.22. The van der Waals surface area contributed by atoms with Gasteiger partial charge >= 0.3 is 5.97 Å². The van der Waals surface area contributed by atoms with E-state index in [0.29, 0.717) is 33.5 Å². The van der Waals surface area contributed by atoms with Crippen LogP contribution in [0.15, 0.2) is 71.5 Å². The van der Waals surface area contributed by atoms with Crippen molar-refractivity contribution >= 4 is 29.0 Å². The highest BCUT2D eigenvalue weighted by molar-refractivity contribution is 5.89. The maximum Gasteiger partial charge on any atom is 0.337 e. The van der Waals surface area contributed by atoms with Crippen LogP contribution in [0.5, 0.6) is 0 Å². The van der Waals surface area contributed by atoms with Crippen molar-refractivity contribution in [1.82, 2.24) is 9.55 Å². The van der Waals surface area contributed by atoms with Gasteiger partial charge in [0.05, 0.1) is 29.3 Å². The Balaban J connectivity index is 1.87. The molecule has 4 aromatic rings. The molecular formula is C24H16F2N2O3. The first-order chi connectivity index (χ1) is 15.0. The average Bonchev–Trinajstić information content (AvgIpc) is 2.79. The molecule has 0 saturated carbocycles. The van der Waals surface area contributed by atoms with E-state index in [9.17, 15) is 18.4 Å². The molecule has 1 aromatic heterocycles. The van der Waals surface area contributed by atoms with Crippen molar-refractivity contribution in [2.24, 2.45) is 0 Å². The Bertz CT molecular complexity index is 1380. The number of ether oxygens (including phenoxy) is 1. The average molecular weight is 418 g/mol. The lowest BCUT2D eigenvalue weighted by atomic mass is 10.1. The maximum absolute atomic E-state index is 13.5. The Kier molecular flexibility index (Phi) is 5.41. The fourth-order valence-electron chi connectivity index (χ4n) is 3.16. The number of halogens is 2. The minimum absolute atomic E-state index is 0.291. The van der Waals surface area contributed by atoms with Gasteiger partial charge in [-0.1, -0.05) is 24.3 Å². The van der Waals surface area contributed by atoms with Gasteiger partial charge in [0.1, 0.15) is 5.82 Å². The Morgan fingerprint density at radius 3 is 2.42 bits per heavy atom. The summed E-state index contributed by atoms with van der Waals surface area (Å²) in [5, 5.41) is 0.421. The molecule has 0 amide bonds. The van der Waals surface area contributed by atoms with Gasteiger partial charge in [-0.3, -0.25) is 9.36 Å². The molecule has 7 heteroatoms. The largest absolute Gasteiger partial charge is 0.465 e. The van der Waals surface area contributed by atoms with E-state index in [1.165, 1.54) is 17.7 Å². The number of rotatable bonds is 4. The molecule has 0 aliphatic heterocycles. The van der Waals surface area contributed by atoms with Crippen molar-refractivity contribution in [1.29, 1.82) is 0 Å². The number of hydrogen-bond donors (Lipinski definition) is 0. The van der Waals surface area contributed by atoms with Gasteiger partial charge in [0, 0.05) is 0 Å². The second-order valence-corrected chi connectivity index (χ2v) is 6.67. The van der Waals surface area contributed by atoms with Crippen molar-refractivity contribution in [3.05, 3.63) is 106 Å². The van der Waals surface area contributed by atoms with E-state index in [4.69, 9.17) is 4.74 Å². The van der Waals surface area contributed by atoms with Crippen molar-refractivity contribution in [3.8, 4) is 5.69 Å². The van der Waals surface area contributed by atoms with E-state index in [1.54, 1.807) is 60.7 Å². The van der Waals surface area contributed by atoms with E-state index in [-0.39, 0.29) is 5.56 Å². The molecular weight excluding hydrogens is 402 g/mol. The number of methoxy groups -OCH3 is 1. The summed E-state index contributed by atoms with van der Waals surface area (Å²) in [5.74, 6) is -2.11. The Morgan fingerprint density at radius 2 is 1.71 bits per heavy atom. The zero-order valence-corrected chi connectivity index (χ0v) is 16.4. The smallest absolute Gasteiger partial charge is 0.337 e. The number of carbonyl (C=O) groups is 1. The van der Waals surface area contributed by atoms with Crippen LogP contribution in [0.25, 0.3) is 28.7 Å². The summed E-state index contributed by atoms with van der Waals surface area (Å²) in [5.41, 5.74) is 1.43. The van der Waals surface area contributed by atoms with Crippen LogP contribution in [-0.2, 0) is 4.74 Å². The minimum atomic E-state index is -0.968. The topological polar surface area (TPSA) is 61.2 Å². The third-order valence-corrected chi connectivity index (χ3v) is 4.72. The number of benzene rings is 3. The maximum atomic E-state index is 13.5. The number of esters is 1. The SMILES string of the molecule is COC(=O)c1ccc(-n2c(/C=C\c3ccc(F)c(F)c3)nc3ccccc3c2=O)cc1. The Labute approximate surface area is 175 Å². The Morgan fingerprint density at radius 1 is 0.968 bits per heavy atom. The predicted molar refractivity (Wildman–Crippen MR) is 114 cm³/mol. The first-order valence-electron chi connectivity index (χ1n) is 9.31. The molecule has 0 saturated heterocycles. The lowest BCUT2D eigenvalue weighted by Gasteiger charge is -2.12. The summed E-state index contributed by atoms with van der Waals surface area (Å²) in [6, 6.07) is 16.7. The van der Waals surface area contributed by atoms with Crippen LogP contribution in [0.2, 0.25) is 0 Å². The fraction of sp³-hybridized carbons (Fsp3) is 0.0417. The minimum Gasteiger partial charge on any atom is -0.465 e. The first kappa shape index (κ1) is 20.2. The standard InChI is InChI=1S/C24H16F2N2O3/c1-31-24(30)16-8-10-17(11-9-16)28-22(13-7-15-6-12-19(25)20(26)14-15)27-21-5-3-2-4-18(21)23(28)29/h2-14H,1H3/b13-7-. The van der Waals surface area contributed by atoms with E-state index in [1.807, 2.05) is 0 Å². The van der Waals surface area contributed by atoms with Crippen molar-refractivity contribution in [2.45, 2.75) is 0 Å². The van der Waals surface area contributed by atoms with Crippen LogP contribution in [-0.4, -0.2) is 22.6 Å². The number of fused-ring (bicyclic) bond motifs is 1. The molecule has 4 rings (SSSR count). The molecule has 3 aromatic carbocycles. The summed E-state index contributed by atoms with van der Waals surface area (Å²) < 4.78 is 32.8. The van der Waals surface area contributed by atoms with E-state index in [0.717, 1.165) is 12.1 Å². The number of carbonyl (C=O) groups excluding carboxylic acids is 1. The molecule has 1 heterocycles. The van der Waals surface area contributed by atoms with Gasteiger partial charge in [-0.25, -0.2) is 18.6 Å². The van der Waals surface area contributed by atoms with Gasteiger partial charge in [-0.05, 0) is 60.2 Å². The number of aromatic nitrogens is 2. The molecule has 0 N–H and O–H groups in total. The number of hydrogen-bond acceptors (Lipinski definition) is 4. The van der Waals surface area contributed by atoms with E-state index >= 15 is 0 Å². The quantitative estimate of drug-likeness (QED) is 0.454. The van der Waals surface area contributed by atoms with Crippen LogP contribution >= 0.6 is 0 Å². The van der Waals surface area contributed by atoms with E-state index < -0.39 is 17.6 Å². The number of nitrogens with zero attached hydrogens (tertiary/aromatic N) is 2. The van der Waals surface area contributed by atoms with Gasteiger partial charge in [0.25, 0.3) is 5.56 Å². The van der Waals surface area contributed by atoms with Gasteiger partial charge in [-0.15, -0.1) is 0 Å². The van der Waals surface area contributed by atoms with E-state index in [2.05, 4.69) is 4.98 Å². The second kappa shape index (κ2) is 8.31. The highest BCUT2D eigenvalue weighted by atomic mass is 19.2. The summed E-state index contributed by atoms with van der Waals surface area (Å²) in [6.07, 6.45) is 3.09. The summed E-state index contributed by atoms with van der Waals surface area (Å²) in [4.78, 5) is 29.5. The van der Waals surface area contributed by atoms with Gasteiger partial charge < -0.3 is 4.74 Å². The molecule has 154 valence electrons. The zero-order valence-electron chi connectivity index (χ0n) is 16.4. The summed E-state index contributed by atoms with van der Waals surface area (Å²) in [7, 11) is 1.29. The van der Waals surface area contributed by atoms with Crippen LogP contribution in [0.4, 0.5) is 8.78 Å². The van der Waals surface area contributed by atoms with Crippen LogP contribution in [0.3, 0.4) is 0 Å². The van der Waals surface area contributed by atoms with Gasteiger partial charge in [0.15, 0.2) is 11.6 Å². The highest BCUT2D eigenvalue weighted by Gasteiger charge is 2.12. The molecule has 0 bridgehead atoms. The molecule has 5 nitrogen and oxygen atoms in total. The van der Waals surface area contributed by atoms with Crippen LogP contribution in [0, 0.1) is 11.6 Å². The second-order valence-electron chi connectivity index (χ2n) is 6.67. The molecule has 0 fully saturated rings. The van der Waals surface area contributed by atoms with Crippen molar-refractivity contribution in [2.75, 3.05) is 7.11 Å². The molecule has 0 spiro atoms. The molecule has 31 heavy (non-hydrogen) atoms. The lowest BCUT2D eigenvalue weighted by molar-refractivity contribution is 0.0600. The van der Waals surface area contributed by atoms with Gasteiger partial charge in [-0.2, -0.15) is 0 Å². The first-order valence-corrected chi connectivity index (χ1v) is 9.31. The zero-order chi connectivity index (χ0) is 22.0.